The number of fused-ring (bicyclic) bond motifs is 1. The number of pyridine rings is 1. The molecule has 3 aromatic rings. The molecule has 0 spiro atoms. The highest BCUT2D eigenvalue weighted by atomic mass is 16.1. The lowest BCUT2D eigenvalue weighted by Crippen LogP contribution is -2.29. The van der Waals surface area contributed by atoms with Crippen molar-refractivity contribution < 1.29 is 4.79 Å². The molecule has 2 aromatic carbocycles. The molecule has 3 N–H and O–H groups in total. The predicted octanol–water partition coefficient (Wildman–Crippen LogP) is 2.59. The van der Waals surface area contributed by atoms with Crippen molar-refractivity contribution in [3.63, 3.8) is 0 Å². The second kappa shape index (κ2) is 6.05. The lowest BCUT2D eigenvalue weighted by atomic mass is 10.1. The SMILES string of the molecule is NC(=Nc1cc(-c2ccccc2)nc2ccccc12)NC=O. The predicted molar refractivity (Wildman–Crippen MR) is 87.7 cm³/mol. The molecule has 0 atom stereocenters. The van der Waals surface area contributed by atoms with Crippen LogP contribution < -0.4 is 11.1 Å². The molecule has 0 saturated carbocycles. The maximum atomic E-state index is 10.5. The number of rotatable bonds is 3. The number of para-hydroxylation sites is 1. The molecular weight excluding hydrogens is 276 g/mol. The van der Waals surface area contributed by atoms with E-state index in [1.807, 2.05) is 60.7 Å². The first-order valence-electron chi connectivity index (χ1n) is 6.77. The maximum Gasteiger partial charge on any atom is 0.213 e. The number of amides is 1. The van der Waals surface area contributed by atoms with E-state index in [-0.39, 0.29) is 5.96 Å². The van der Waals surface area contributed by atoms with Crippen LogP contribution in [0.15, 0.2) is 65.7 Å². The van der Waals surface area contributed by atoms with Crippen LogP contribution in [0.2, 0.25) is 0 Å². The van der Waals surface area contributed by atoms with E-state index >= 15 is 0 Å². The number of nitrogens with one attached hydrogen (secondary N) is 1. The minimum absolute atomic E-state index is 0.0466. The molecule has 0 bridgehead atoms. The molecule has 22 heavy (non-hydrogen) atoms. The first-order valence-corrected chi connectivity index (χ1v) is 6.77. The number of aliphatic imine (C=N–C) groups is 1. The van der Waals surface area contributed by atoms with Crippen molar-refractivity contribution in [1.29, 1.82) is 0 Å². The molecule has 5 heteroatoms. The van der Waals surface area contributed by atoms with Crippen LogP contribution in [-0.2, 0) is 4.79 Å². The zero-order valence-electron chi connectivity index (χ0n) is 11.7. The highest BCUT2D eigenvalue weighted by Gasteiger charge is 2.07. The van der Waals surface area contributed by atoms with Crippen molar-refractivity contribution in [2.45, 2.75) is 0 Å². The van der Waals surface area contributed by atoms with Gasteiger partial charge in [-0.3, -0.25) is 10.1 Å². The molecule has 0 unspecified atom stereocenters. The standard InChI is InChI=1S/C17H14N4O/c18-17(19-11-22)21-16-10-15(12-6-2-1-3-7-12)20-14-9-5-4-8-13(14)16/h1-11H,(H3,18,19,20,21,22). The van der Waals surface area contributed by atoms with Gasteiger partial charge in [0.05, 0.1) is 16.9 Å². The zero-order chi connectivity index (χ0) is 15.4. The zero-order valence-corrected chi connectivity index (χ0v) is 11.7. The van der Waals surface area contributed by atoms with Gasteiger partial charge in [-0.05, 0) is 12.1 Å². The summed E-state index contributed by atoms with van der Waals surface area (Å²) in [5, 5.41) is 3.22. The van der Waals surface area contributed by atoms with Crippen molar-refractivity contribution in [2.75, 3.05) is 0 Å². The highest BCUT2D eigenvalue weighted by Crippen LogP contribution is 2.30. The van der Waals surface area contributed by atoms with Gasteiger partial charge in [0.25, 0.3) is 0 Å². The summed E-state index contributed by atoms with van der Waals surface area (Å²) >= 11 is 0. The fourth-order valence-corrected chi connectivity index (χ4v) is 2.23. The summed E-state index contributed by atoms with van der Waals surface area (Å²) in [5.41, 5.74) is 8.96. The van der Waals surface area contributed by atoms with Gasteiger partial charge >= 0.3 is 0 Å². The average molecular weight is 290 g/mol. The van der Waals surface area contributed by atoms with Crippen LogP contribution in [0.3, 0.4) is 0 Å². The van der Waals surface area contributed by atoms with E-state index in [1.54, 1.807) is 0 Å². The summed E-state index contributed by atoms with van der Waals surface area (Å²) < 4.78 is 0. The Hall–Kier alpha value is -3.21. The number of nitrogens with zero attached hydrogens (tertiary/aromatic N) is 2. The average Bonchev–Trinajstić information content (AvgIpc) is 2.56. The summed E-state index contributed by atoms with van der Waals surface area (Å²) in [4.78, 5) is 19.4. The summed E-state index contributed by atoms with van der Waals surface area (Å²) in [6, 6.07) is 19.4. The molecule has 108 valence electrons. The summed E-state index contributed by atoms with van der Waals surface area (Å²) in [7, 11) is 0. The van der Waals surface area contributed by atoms with Gasteiger partial charge < -0.3 is 5.73 Å². The van der Waals surface area contributed by atoms with E-state index in [0.717, 1.165) is 22.2 Å². The van der Waals surface area contributed by atoms with Gasteiger partial charge in [0, 0.05) is 10.9 Å². The van der Waals surface area contributed by atoms with Gasteiger partial charge in [-0.1, -0.05) is 48.5 Å². The Morgan fingerprint density at radius 3 is 2.59 bits per heavy atom. The molecule has 0 fully saturated rings. The smallest absolute Gasteiger partial charge is 0.213 e. The molecule has 5 nitrogen and oxygen atoms in total. The van der Waals surface area contributed by atoms with Crippen LogP contribution in [0.5, 0.6) is 0 Å². The van der Waals surface area contributed by atoms with Crippen LogP contribution >= 0.6 is 0 Å². The Morgan fingerprint density at radius 2 is 1.82 bits per heavy atom. The molecule has 1 amide bonds. The summed E-state index contributed by atoms with van der Waals surface area (Å²) in [5.74, 6) is 0.0466. The molecule has 0 radical (unpaired) electrons. The first kappa shape index (κ1) is 13.8. The fourth-order valence-electron chi connectivity index (χ4n) is 2.23. The minimum Gasteiger partial charge on any atom is -0.369 e. The van der Waals surface area contributed by atoms with Gasteiger partial charge in [-0.2, -0.15) is 0 Å². The third-order valence-corrected chi connectivity index (χ3v) is 3.21. The number of carbonyl (C=O) groups is 1. The number of guanidine groups is 1. The Bertz CT molecular complexity index is 844. The lowest BCUT2D eigenvalue weighted by molar-refractivity contribution is -0.108. The number of hydrogen-bond donors (Lipinski definition) is 2. The van der Waals surface area contributed by atoms with Crippen LogP contribution in [0.25, 0.3) is 22.2 Å². The molecule has 1 aromatic heterocycles. The largest absolute Gasteiger partial charge is 0.369 e. The van der Waals surface area contributed by atoms with E-state index in [0.29, 0.717) is 12.1 Å². The second-order valence-electron chi connectivity index (χ2n) is 4.67. The van der Waals surface area contributed by atoms with Gasteiger partial charge in [0.15, 0.2) is 5.96 Å². The monoisotopic (exact) mass is 290 g/mol. The van der Waals surface area contributed by atoms with Crippen molar-refractivity contribution >= 4 is 29.0 Å². The third-order valence-electron chi connectivity index (χ3n) is 3.21. The Kier molecular flexibility index (Phi) is 3.78. The number of hydrogen-bond acceptors (Lipinski definition) is 3. The first-order chi connectivity index (χ1) is 10.8. The topological polar surface area (TPSA) is 80.4 Å². The number of carbonyl (C=O) groups excluding carboxylic acids is 1. The number of benzene rings is 2. The van der Waals surface area contributed by atoms with Crippen molar-refractivity contribution in [1.82, 2.24) is 10.3 Å². The molecule has 0 aliphatic heterocycles. The number of aromatic nitrogens is 1. The van der Waals surface area contributed by atoms with Crippen LogP contribution in [0.4, 0.5) is 5.69 Å². The fraction of sp³-hybridized carbons (Fsp3) is 0. The second-order valence-corrected chi connectivity index (χ2v) is 4.67. The van der Waals surface area contributed by atoms with Crippen LogP contribution in [0.1, 0.15) is 0 Å². The van der Waals surface area contributed by atoms with Crippen molar-refractivity contribution in [3.8, 4) is 11.3 Å². The molecule has 1 heterocycles. The maximum absolute atomic E-state index is 10.5. The Balaban J connectivity index is 2.21. The van der Waals surface area contributed by atoms with E-state index in [9.17, 15) is 4.79 Å². The molecule has 0 saturated heterocycles. The highest BCUT2D eigenvalue weighted by molar-refractivity contribution is 5.97. The van der Waals surface area contributed by atoms with E-state index in [4.69, 9.17) is 5.73 Å². The van der Waals surface area contributed by atoms with E-state index in [2.05, 4.69) is 15.3 Å². The molecule has 3 rings (SSSR count). The van der Waals surface area contributed by atoms with E-state index < -0.39 is 0 Å². The molecule has 0 aliphatic rings. The Labute approximate surface area is 127 Å². The van der Waals surface area contributed by atoms with Crippen molar-refractivity contribution in [3.05, 3.63) is 60.7 Å². The van der Waals surface area contributed by atoms with Gasteiger partial charge in [0.1, 0.15) is 0 Å². The van der Waals surface area contributed by atoms with Gasteiger partial charge in [-0.25, -0.2) is 9.98 Å². The lowest BCUT2D eigenvalue weighted by Gasteiger charge is -2.07. The van der Waals surface area contributed by atoms with Crippen molar-refractivity contribution in [2.24, 2.45) is 10.7 Å². The van der Waals surface area contributed by atoms with Crippen LogP contribution in [0, 0.1) is 0 Å². The molecule has 0 aliphatic carbocycles. The molecular formula is C17H14N4O. The van der Waals surface area contributed by atoms with Crippen LogP contribution in [-0.4, -0.2) is 17.4 Å². The Morgan fingerprint density at radius 1 is 1.09 bits per heavy atom. The van der Waals surface area contributed by atoms with Gasteiger partial charge in [-0.15, -0.1) is 0 Å². The number of nitrogens with two attached hydrogens (primary N) is 1. The normalized spacial score (nSPS) is 11.4. The summed E-state index contributed by atoms with van der Waals surface area (Å²) in [6.45, 7) is 0. The van der Waals surface area contributed by atoms with Gasteiger partial charge in [0.2, 0.25) is 6.41 Å². The summed E-state index contributed by atoms with van der Waals surface area (Å²) in [6.07, 6.45) is 0.500. The van der Waals surface area contributed by atoms with E-state index in [1.165, 1.54) is 0 Å². The third kappa shape index (κ3) is 2.78. The quantitative estimate of drug-likeness (QED) is 0.442. The minimum atomic E-state index is 0.0466.